The number of aromatic nitrogens is 1. The van der Waals surface area contributed by atoms with E-state index in [9.17, 15) is 9.90 Å². The van der Waals surface area contributed by atoms with Crippen LogP contribution in [0.5, 0.6) is 5.75 Å². The number of rotatable bonds is 6. The van der Waals surface area contributed by atoms with Gasteiger partial charge in [0.25, 0.3) is 0 Å². The van der Waals surface area contributed by atoms with Gasteiger partial charge in [-0.2, -0.15) is 4.99 Å². The van der Waals surface area contributed by atoms with E-state index in [1.807, 2.05) is 49.7 Å². The summed E-state index contributed by atoms with van der Waals surface area (Å²) in [6.07, 6.45) is 1.53. The molecule has 0 atom stereocenters. The summed E-state index contributed by atoms with van der Waals surface area (Å²) in [5, 5.41) is 14.6. The first-order chi connectivity index (χ1) is 13.8. The number of hydrogen-bond donors (Lipinski definition) is 2. The highest BCUT2D eigenvalue weighted by molar-refractivity contribution is 7.98. The Hall–Kier alpha value is -2.20. The fraction of sp³-hybridized carbons (Fsp3) is 0.250. The number of hydrogen-bond acceptors (Lipinski definition) is 7. The lowest BCUT2D eigenvalue weighted by atomic mass is 10.2. The minimum atomic E-state index is -0.537. The van der Waals surface area contributed by atoms with E-state index in [4.69, 9.17) is 4.84 Å². The summed E-state index contributed by atoms with van der Waals surface area (Å²) in [6, 6.07) is 8.54. The normalized spacial score (nSPS) is 11.8. The number of carbonyl (C=O) groups is 1. The smallest absolute Gasteiger partial charge is 0.364 e. The maximum Gasteiger partial charge on any atom is 0.364 e. The molecule has 0 radical (unpaired) electrons. The van der Waals surface area contributed by atoms with Crippen molar-refractivity contribution in [2.75, 3.05) is 0 Å². The zero-order chi connectivity index (χ0) is 20.9. The van der Waals surface area contributed by atoms with Gasteiger partial charge in [-0.15, -0.1) is 34.4 Å². The van der Waals surface area contributed by atoms with Gasteiger partial charge in [0.15, 0.2) is 0 Å². The van der Waals surface area contributed by atoms with Gasteiger partial charge in [-0.25, -0.2) is 15.3 Å². The summed E-state index contributed by atoms with van der Waals surface area (Å²) in [5.41, 5.74) is 3.61. The SMILES string of the molecule is CC(C)(C)ONC(=O)N=Cc1cc(SCc2nc(-c3cccc(O)c3)cs2)cs1. The van der Waals surface area contributed by atoms with Crippen LogP contribution in [0.25, 0.3) is 11.3 Å². The maximum atomic E-state index is 11.7. The molecule has 2 N–H and O–H groups in total. The third-order valence-corrected chi connectivity index (χ3v) is 6.44. The lowest BCUT2D eigenvalue weighted by Crippen LogP contribution is -2.31. The Labute approximate surface area is 181 Å². The van der Waals surface area contributed by atoms with Gasteiger partial charge in [0.1, 0.15) is 10.8 Å². The standard InChI is InChI=1S/C20H21N3O3S3/c1-20(2,3)26-23-19(25)21-9-15-8-16(10-27-15)28-12-18-22-17(11-29-18)13-5-4-6-14(24)7-13/h4-11,24H,12H2,1-3H3,(H,23,25). The van der Waals surface area contributed by atoms with Crippen LogP contribution in [-0.2, 0) is 10.6 Å². The molecule has 0 spiro atoms. The number of phenolic OH excluding ortho intramolecular Hbond substituents is 1. The van der Waals surface area contributed by atoms with Gasteiger partial charge in [-0.1, -0.05) is 12.1 Å². The summed E-state index contributed by atoms with van der Waals surface area (Å²) in [5.74, 6) is 0.981. The van der Waals surface area contributed by atoms with Gasteiger partial charge < -0.3 is 5.11 Å². The van der Waals surface area contributed by atoms with Crippen molar-refractivity contribution in [3.63, 3.8) is 0 Å². The molecule has 0 aliphatic rings. The van der Waals surface area contributed by atoms with Gasteiger partial charge in [-0.05, 0) is 39.0 Å². The predicted molar refractivity (Wildman–Crippen MR) is 120 cm³/mol. The lowest BCUT2D eigenvalue weighted by Gasteiger charge is -2.17. The van der Waals surface area contributed by atoms with Crippen molar-refractivity contribution in [3.05, 3.63) is 51.0 Å². The van der Waals surface area contributed by atoms with E-state index in [-0.39, 0.29) is 5.75 Å². The van der Waals surface area contributed by atoms with Gasteiger partial charge in [0.05, 0.1) is 17.0 Å². The Kier molecular flexibility index (Phi) is 7.07. The van der Waals surface area contributed by atoms with Crippen LogP contribution < -0.4 is 5.48 Å². The number of nitrogens with zero attached hydrogens (tertiary/aromatic N) is 2. The van der Waals surface area contributed by atoms with E-state index in [2.05, 4.69) is 15.5 Å². The Morgan fingerprint density at radius 1 is 1.31 bits per heavy atom. The molecule has 29 heavy (non-hydrogen) atoms. The molecule has 3 rings (SSSR count). The molecule has 0 saturated carbocycles. The second-order valence-electron chi connectivity index (χ2n) is 7.03. The Morgan fingerprint density at radius 3 is 2.90 bits per heavy atom. The molecule has 0 aliphatic heterocycles. The van der Waals surface area contributed by atoms with Crippen molar-refractivity contribution in [3.8, 4) is 17.0 Å². The van der Waals surface area contributed by atoms with Crippen molar-refractivity contribution in [2.24, 2.45) is 4.99 Å². The first-order valence-corrected chi connectivity index (χ1v) is 11.5. The molecule has 1 aromatic carbocycles. The molecule has 0 unspecified atom stereocenters. The first kappa shape index (κ1) is 21.5. The van der Waals surface area contributed by atoms with E-state index < -0.39 is 11.6 Å². The third kappa shape index (κ3) is 6.97. The Bertz CT molecular complexity index is 1010. The molecule has 2 heterocycles. The summed E-state index contributed by atoms with van der Waals surface area (Å²) in [7, 11) is 0. The first-order valence-electron chi connectivity index (χ1n) is 8.76. The molecular formula is C20H21N3O3S3. The predicted octanol–water partition coefficient (Wildman–Crippen LogP) is 5.73. The zero-order valence-corrected chi connectivity index (χ0v) is 18.7. The monoisotopic (exact) mass is 447 g/mol. The molecule has 9 heteroatoms. The quantitative estimate of drug-likeness (QED) is 0.286. The van der Waals surface area contributed by atoms with E-state index in [0.29, 0.717) is 0 Å². The van der Waals surface area contributed by atoms with Crippen molar-refractivity contribution >= 4 is 46.7 Å². The van der Waals surface area contributed by atoms with Gasteiger partial charge in [0, 0.05) is 32.3 Å². The van der Waals surface area contributed by atoms with E-state index in [0.717, 1.165) is 31.8 Å². The molecule has 0 aliphatic carbocycles. The fourth-order valence-electron chi connectivity index (χ4n) is 2.14. The van der Waals surface area contributed by atoms with Crippen LogP contribution in [0.3, 0.4) is 0 Å². The van der Waals surface area contributed by atoms with Gasteiger partial charge in [0.2, 0.25) is 0 Å². The Morgan fingerprint density at radius 2 is 2.14 bits per heavy atom. The lowest BCUT2D eigenvalue weighted by molar-refractivity contribution is -0.0512. The minimum Gasteiger partial charge on any atom is -0.508 e. The number of aromatic hydroxyl groups is 1. The summed E-state index contributed by atoms with van der Waals surface area (Å²) in [4.78, 5) is 27.3. The molecule has 152 valence electrons. The minimum absolute atomic E-state index is 0.234. The summed E-state index contributed by atoms with van der Waals surface area (Å²) >= 11 is 4.79. The number of carbonyl (C=O) groups excluding carboxylic acids is 1. The van der Waals surface area contributed by atoms with Crippen LogP contribution in [-0.4, -0.2) is 27.9 Å². The fourth-order valence-corrected chi connectivity index (χ4v) is 4.86. The Balaban J connectivity index is 1.52. The van der Waals surface area contributed by atoms with Gasteiger partial charge in [-0.3, -0.25) is 4.84 Å². The third-order valence-electron chi connectivity index (χ3n) is 3.41. The van der Waals surface area contributed by atoms with E-state index in [1.54, 1.807) is 35.2 Å². The number of thioether (sulfide) groups is 1. The van der Waals surface area contributed by atoms with Crippen molar-refractivity contribution in [2.45, 2.75) is 37.0 Å². The summed E-state index contributed by atoms with van der Waals surface area (Å²) in [6.45, 7) is 5.53. The largest absolute Gasteiger partial charge is 0.508 e. The maximum absolute atomic E-state index is 11.7. The number of hydroxylamine groups is 1. The second kappa shape index (κ2) is 9.53. The van der Waals surface area contributed by atoms with E-state index in [1.165, 1.54) is 17.6 Å². The van der Waals surface area contributed by atoms with Crippen LogP contribution in [0.4, 0.5) is 4.79 Å². The number of amides is 2. The number of aliphatic imine (C=N–C) groups is 1. The molecule has 0 fully saturated rings. The average Bonchev–Trinajstić information content (AvgIpc) is 3.32. The molecule has 3 aromatic rings. The van der Waals surface area contributed by atoms with Crippen LogP contribution in [0.2, 0.25) is 0 Å². The van der Waals surface area contributed by atoms with Crippen LogP contribution >= 0.6 is 34.4 Å². The summed E-state index contributed by atoms with van der Waals surface area (Å²) < 4.78 is 0. The van der Waals surface area contributed by atoms with Crippen molar-refractivity contribution < 1.29 is 14.7 Å². The highest BCUT2D eigenvalue weighted by atomic mass is 32.2. The average molecular weight is 448 g/mol. The molecule has 0 saturated heterocycles. The zero-order valence-electron chi connectivity index (χ0n) is 16.2. The number of thiazole rings is 1. The molecule has 6 nitrogen and oxygen atoms in total. The number of benzene rings is 1. The molecule has 2 aromatic heterocycles. The number of thiophene rings is 1. The number of nitrogens with one attached hydrogen (secondary N) is 1. The van der Waals surface area contributed by atoms with Crippen LogP contribution in [0.1, 0.15) is 30.7 Å². The van der Waals surface area contributed by atoms with Gasteiger partial charge >= 0.3 is 6.03 Å². The van der Waals surface area contributed by atoms with Crippen LogP contribution in [0, 0.1) is 0 Å². The van der Waals surface area contributed by atoms with E-state index >= 15 is 0 Å². The second-order valence-corrected chi connectivity index (χ2v) is 9.96. The van der Waals surface area contributed by atoms with Crippen molar-refractivity contribution in [1.82, 2.24) is 10.5 Å². The molecule has 0 bridgehead atoms. The van der Waals surface area contributed by atoms with Crippen LogP contribution in [0.15, 0.2) is 51.0 Å². The number of phenols is 1. The highest BCUT2D eigenvalue weighted by Crippen LogP contribution is 2.30. The topological polar surface area (TPSA) is 83.8 Å². The molecule has 2 amide bonds. The van der Waals surface area contributed by atoms with Crippen molar-refractivity contribution in [1.29, 1.82) is 0 Å². The molecular weight excluding hydrogens is 426 g/mol. The number of urea groups is 1. The highest BCUT2D eigenvalue weighted by Gasteiger charge is 2.12.